The molecule has 0 saturated heterocycles. The Labute approximate surface area is 176 Å². The van der Waals surface area contributed by atoms with Gasteiger partial charge in [0, 0.05) is 17.1 Å². The first-order valence-corrected chi connectivity index (χ1v) is 10.4. The molecule has 0 saturated carbocycles. The zero-order valence-electron chi connectivity index (χ0n) is 15.7. The van der Waals surface area contributed by atoms with Crippen LogP contribution in [-0.4, -0.2) is 30.9 Å². The minimum atomic E-state index is -5.06. The highest BCUT2D eigenvalue weighted by Crippen LogP contribution is 2.41. The highest BCUT2D eigenvalue weighted by molar-refractivity contribution is 7.81. The van der Waals surface area contributed by atoms with Crippen molar-refractivity contribution in [1.29, 1.82) is 0 Å². The lowest BCUT2D eigenvalue weighted by Crippen LogP contribution is -2.21. The summed E-state index contributed by atoms with van der Waals surface area (Å²) in [6, 6.07) is 6.44. The van der Waals surface area contributed by atoms with Crippen molar-refractivity contribution < 1.29 is 26.3 Å². The molecule has 0 N–H and O–H groups in total. The van der Waals surface area contributed by atoms with E-state index in [4.69, 9.17) is 20.5 Å². The van der Waals surface area contributed by atoms with Crippen molar-refractivity contribution in [3.8, 4) is 17.0 Å². The maximum atomic E-state index is 12.9. The van der Waals surface area contributed by atoms with E-state index in [1.54, 1.807) is 30.5 Å². The van der Waals surface area contributed by atoms with Crippen LogP contribution in [0.5, 0.6) is 5.88 Å². The highest BCUT2D eigenvalue weighted by atomic mass is 35.5. The van der Waals surface area contributed by atoms with Crippen LogP contribution in [0.3, 0.4) is 0 Å². The summed E-state index contributed by atoms with van der Waals surface area (Å²) in [7, 11) is 0. The lowest BCUT2D eigenvalue weighted by Gasteiger charge is -2.09. The fourth-order valence-electron chi connectivity index (χ4n) is 3.36. The van der Waals surface area contributed by atoms with E-state index >= 15 is 0 Å². The number of nitrogens with zero attached hydrogens (tertiary/aromatic N) is 3. The Morgan fingerprint density at radius 3 is 2.77 bits per heavy atom. The Balaban J connectivity index is 1.95. The van der Waals surface area contributed by atoms with Gasteiger partial charge in [0.05, 0.1) is 23.4 Å². The number of alkyl halides is 3. The molecule has 1 aliphatic carbocycles. The number of ether oxygens (including phenoxy) is 1. The summed E-state index contributed by atoms with van der Waals surface area (Å²) in [6.45, 7) is 4.19. The van der Waals surface area contributed by atoms with Gasteiger partial charge in [-0.1, -0.05) is 30.7 Å². The van der Waals surface area contributed by atoms with Gasteiger partial charge < -0.3 is 8.92 Å². The van der Waals surface area contributed by atoms with Crippen molar-refractivity contribution >= 4 is 34.1 Å². The number of hydrogen-bond donors (Lipinski definition) is 0. The van der Waals surface area contributed by atoms with Crippen molar-refractivity contribution in [2.75, 3.05) is 6.61 Å². The van der Waals surface area contributed by atoms with Crippen LogP contribution >= 0.6 is 11.6 Å². The zero-order valence-corrected chi connectivity index (χ0v) is 17.3. The van der Waals surface area contributed by atoms with Gasteiger partial charge in [-0.3, -0.25) is 0 Å². The minimum absolute atomic E-state index is 0.139. The second kappa shape index (κ2) is 7.59. The summed E-state index contributed by atoms with van der Waals surface area (Å²) in [6.07, 6.45) is 3.46. The molecule has 2 atom stereocenters. The van der Waals surface area contributed by atoms with Gasteiger partial charge in [-0.2, -0.15) is 13.2 Å². The van der Waals surface area contributed by atoms with Crippen LogP contribution in [0.1, 0.15) is 31.0 Å². The second-order valence-electron chi connectivity index (χ2n) is 6.50. The Morgan fingerprint density at radius 1 is 1.33 bits per heavy atom. The van der Waals surface area contributed by atoms with E-state index < -0.39 is 22.5 Å². The van der Waals surface area contributed by atoms with E-state index in [9.17, 15) is 17.4 Å². The van der Waals surface area contributed by atoms with Gasteiger partial charge in [0.2, 0.25) is 0 Å². The molecule has 0 spiro atoms. The van der Waals surface area contributed by atoms with Gasteiger partial charge >= 0.3 is 16.6 Å². The monoisotopic (exact) mass is 457 g/mol. The maximum absolute atomic E-state index is 12.9. The number of aromatic nitrogens is 3. The molecule has 0 bridgehead atoms. The van der Waals surface area contributed by atoms with Crippen molar-refractivity contribution in [2.45, 2.75) is 25.3 Å². The summed E-state index contributed by atoms with van der Waals surface area (Å²) in [4.78, 5) is 4.39. The van der Waals surface area contributed by atoms with Crippen molar-refractivity contribution in [1.82, 2.24) is 14.6 Å². The molecular weight excluding hydrogens is 443 g/mol. The standard InChI is InChI=1S/C19H15ClF3N3O3S/c1-3-28-14-7-10(2)16-13(14)9-24-17-15(11-5-4-6-12(20)8-11)18(25-26(16)17)29-30(27)19(21,22)23/h4-10H,3H2,1-2H3. The molecular formula is C19H15ClF3N3O3S. The van der Waals surface area contributed by atoms with Crippen LogP contribution in [-0.2, 0) is 15.8 Å². The van der Waals surface area contributed by atoms with Gasteiger partial charge in [0.1, 0.15) is 5.76 Å². The fourth-order valence-corrected chi connectivity index (χ4v) is 3.91. The van der Waals surface area contributed by atoms with E-state index in [2.05, 4.69) is 10.1 Å². The predicted molar refractivity (Wildman–Crippen MR) is 106 cm³/mol. The third kappa shape index (κ3) is 3.54. The largest absolute Gasteiger partial charge is 0.508 e. The average molecular weight is 458 g/mol. The number of benzene rings is 1. The molecule has 158 valence electrons. The summed E-state index contributed by atoms with van der Waals surface area (Å²) < 4.78 is 62.1. The smallest absolute Gasteiger partial charge is 0.493 e. The second-order valence-corrected chi connectivity index (χ2v) is 8.03. The zero-order chi connectivity index (χ0) is 21.6. The SMILES string of the molecule is CCOC1=CC(C)c2c1cnc1c(-c3cccc(Cl)c3)c(OS(=O)C(F)(F)F)nn21. The molecule has 0 radical (unpaired) electrons. The Hall–Kier alpha value is -2.59. The Kier molecular flexibility index (Phi) is 5.23. The number of fused-ring (bicyclic) bond motifs is 3. The maximum Gasteiger partial charge on any atom is 0.508 e. The normalized spacial score (nSPS) is 17.0. The quantitative estimate of drug-likeness (QED) is 0.533. The van der Waals surface area contributed by atoms with E-state index in [0.717, 1.165) is 0 Å². The van der Waals surface area contributed by atoms with E-state index in [-0.39, 0.29) is 17.1 Å². The van der Waals surface area contributed by atoms with E-state index in [0.29, 0.717) is 34.2 Å². The van der Waals surface area contributed by atoms with Crippen LogP contribution in [0.25, 0.3) is 22.5 Å². The first kappa shape index (κ1) is 20.7. The number of allylic oxidation sites excluding steroid dienone is 1. The molecule has 0 amide bonds. The Bertz CT molecular complexity index is 1190. The number of hydrogen-bond acceptors (Lipinski definition) is 5. The van der Waals surface area contributed by atoms with Crippen LogP contribution in [0.2, 0.25) is 5.02 Å². The molecule has 6 nitrogen and oxygen atoms in total. The van der Waals surface area contributed by atoms with Gasteiger partial charge in [-0.15, -0.1) is 5.10 Å². The van der Waals surface area contributed by atoms with E-state index in [1.807, 2.05) is 19.9 Å². The molecule has 2 unspecified atom stereocenters. The molecule has 2 aromatic heterocycles. The van der Waals surface area contributed by atoms with Crippen molar-refractivity contribution in [3.63, 3.8) is 0 Å². The molecule has 3 aromatic rings. The number of rotatable bonds is 5. The minimum Gasteiger partial charge on any atom is -0.493 e. The highest BCUT2D eigenvalue weighted by Gasteiger charge is 2.41. The fraction of sp³-hybridized carbons (Fsp3) is 0.263. The summed E-state index contributed by atoms with van der Waals surface area (Å²) in [5, 5.41) is 4.56. The molecule has 2 heterocycles. The molecule has 11 heteroatoms. The molecule has 0 aliphatic heterocycles. The lowest BCUT2D eigenvalue weighted by molar-refractivity contribution is -0.0438. The van der Waals surface area contributed by atoms with Gasteiger partial charge in [0.15, 0.2) is 5.65 Å². The molecule has 1 aliphatic rings. The summed E-state index contributed by atoms with van der Waals surface area (Å²) in [5.41, 5.74) is -2.85. The summed E-state index contributed by atoms with van der Waals surface area (Å²) in [5.74, 6) is 0.0292. The van der Waals surface area contributed by atoms with Crippen LogP contribution in [0.15, 0.2) is 36.5 Å². The van der Waals surface area contributed by atoms with Crippen LogP contribution in [0, 0.1) is 0 Å². The topological polar surface area (TPSA) is 65.7 Å². The number of halogens is 4. The predicted octanol–water partition coefficient (Wildman–Crippen LogP) is 5.11. The van der Waals surface area contributed by atoms with Crippen LogP contribution < -0.4 is 4.18 Å². The van der Waals surface area contributed by atoms with Crippen molar-refractivity contribution in [3.05, 3.63) is 52.8 Å². The first-order valence-electron chi connectivity index (χ1n) is 8.90. The third-order valence-electron chi connectivity index (χ3n) is 4.50. The molecule has 1 aromatic carbocycles. The average Bonchev–Trinajstić information content (AvgIpc) is 3.18. The summed E-state index contributed by atoms with van der Waals surface area (Å²) >= 11 is 2.47. The molecule has 30 heavy (non-hydrogen) atoms. The van der Waals surface area contributed by atoms with Gasteiger partial charge in [-0.05, 0) is 30.7 Å². The van der Waals surface area contributed by atoms with Gasteiger partial charge in [-0.25, -0.2) is 13.7 Å². The molecule has 0 fully saturated rings. The van der Waals surface area contributed by atoms with Crippen LogP contribution in [0.4, 0.5) is 13.2 Å². The van der Waals surface area contributed by atoms with Crippen molar-refractivity contribution in [2.24, 2.45) is 0 Å². The third-order valence-corrected chi connectivity index (χ3v) is 5.43. The van der Waals surface area contributed by atoms with E-state index in [1.165, 1.54) is 4.52 Å². The molecule has 4 rings (SSSR count). The first-order chi connectivity index (χ1) is 14.2. The van der Waals surface area contributed by atoms with Gasteiger partial charge in [0.25, 0.3) is 5.88 Å². The lowest BCUT2D eigenvalue weighted by atomic mass is 10.1. The Morgan fingerprint density at radius 2 is 2.10 bits per heavy atom.